The van der Waals surface area contributed by atoms with E-state index in [0.717, 1.165) is 68.6 Å². The van der Waals surface area contributed by atoms with Crippen molar-refractivity contribution in [1.82, 2.24) is 10.3 Å². The van der Waals surface area contributed by atoms with Crippen molar-refractivity contribution in [3.05, 3.63) is 22.8 Å². The molecule has 1 aromatic rings. The van der Waals surface area contributed by atoms with Gasteiger partial charge in [-0.05, 0) is 44.9 Å². The first-order valence-electron chi connectivity index (χ1n) is 7.97. The average molecular weight is 312 g/mol. The van der Waals surface area contributed by atoms with E-state index in [1.165, 1.54) is 0 Å². The van der Waals surface area contributed by atoms with Gasteiger partial charge in [0.15, 0.2) is 0 Å². The molecule has 0 amide bonds. The van der Waals surface area contributed by atoms with Gasteiger partial charge in [0.2, 0.25) is 0 Å². The fraction of sp³-hybridized carbons (Fsp3) is 0.688. The topological polar surface area (TPSA) is 37.4 Å². The van der Waals surface area contributed by atoms with Crippen molar-refractivity contribution in [3.63, 3.8) is 0 Å². The van der Waals surface area contributed by atoms with Crippen LogP contribution in [0.4, 0.5) is 5.82 Å². The molecule has 1 fully saturated rings. The standard InChI is InChI=1S/C16H26ClN3O/c1-3-9-18-12-15-14(17)5-6-16(19-15)20-10-7-13(8-11-20)21-4-2/h5-6,13,18H,3-4,7-12H2,1-2H3. The quantitative estimate of drug-likeness (QED) is 0.784. The first kappa shape index (κ1) is 16.5. The van der Waals surface area contributed by atoms with Crippen molar-refractivity contribution in [2.45, 2.75) is 45.8 Å². The van der Waals surface area contributed by atoms with Crippen LogP contribution in [0.3, 0.4) is 0 Å². The highest BCUT2D eigenvalue weighted by molar-refractivity contribution is 6.31. The third-order valence-electron chi connectivity index (χ3n) is 3.79. The van der Waals surface area contributed by atoms with Crippen LogP contribution < -0.4 is 10.2 Å². The third-order valence-corrected chi connectivity index (χ3v) is 4.14. The molecular weight excluding hydrogens is 286 g/mol. The molecular formula is C16H26ClN3O. The molecule has 1 N–H and O–H groups in total. The molecule has 0 saturated carbocycles. The maximum absolute atomic E-state index is 6.24. The Kier molecular flexibility index (Phi) is 6.74. The molecule has 0 bridgehead atoms. The molecule has 0 atom stereocenters. The molecule has 4 nitrogen and oxygen atoms in total. The van der Waals surface area contributed by atoms with Gasteiger partial charge in [-0.1, -0.05) is 18.5 Å². The predicted molar refractivity (Wildman–Crippen MR) is 88.1 cm³/mol. The van der Waals surface area contributed by atoms with E-state index in [9.17, 15) is 0 Å². The molecule has 1 saturated heterocycles. The van der Waals surface area contributed by atoms with Crippen LogP contribution in [-0.4, -0.2) is 37.3 Å². The fourth-order valence-electron chi connectivity index (χ4n) is 2.64. The van der Waals surface area contributed by atoms with Crippen LogP contribution in [0.25, 0.3) is 0 Å². The van der Waals surface area contributed by atoms with E-state index in [1.807, 2.05) is 12.1 Å². The van der Waals surface area contributed by atoms with E-state index in [1.54, 1.807) is 0 Å². The second-order valence-electron chi connectivity index (χ2n) is 5.42. The van der Waals surface area contributed by atoms with E-state index in [4.69, 9.17) is 21.3 Å². The summed E-state index contributed by atoms with van der Waals surface area (Å²) < 4.78 is 5.70. The van der Waals surface area contributed by atoms with Gasteiger partial charge in [0.05, 0.1) is 16.8 Å². The summed E-state index contributed by atoms with van der Waals surface area (Å²) in [7, 11) is 0. The van der Waals surface area contributed by atoms with Crippen molar-refractivity contribution >= 4 is 17.4 Å². The number of ether oxygens (including phenoxy) is 1. The minimum Gasteiger partial charge on any atom is -0.378 e. The highest BCUT2D eigenvalue weighted by Gasteiger charge is 2.20. The normalized spacial score (nSPS) is 16.4. The average Bonchev–Trinajstić information content (AvgIpc) is 2.51. The smallest absolute Gasteiger partial charge is 0.128 e. The van der Waals surface area contributed by atoms with Gasteiger partial charge in [-0.3, -0.25) is 0 Å². The molecule has 1 aliphatic heterocycles. The molecule has 2 heterocycles. The Morgan fingerprint density at radius 2 is 2.10 bits per heavy atom. The number of anilines is 1. The maximum Gasteiger partial charge on any atom is 0.128 e. The Bertz CT molecular complexity index is 434. The van der Waals surface area contributed by atoms with Gasteiger partial charge in [0, 0.05) is 26.2 Å². The van der Waals surface area contributed by atoms with Crippen LogP contribution in [0, 0.1) is 0 Å². The van der Waals surface area contributed by atoms with E-state index in [2.05, 4.69) is 24.1 Å². The van der Waals surface area contributed by atoms with Crippen LogP contribution >= 0.6 is 11.6 Å². The lowest BCUT2D eigenvalue weighted by Crippen LogP contribution is -2.37. The summed E-state index contributed by atoms with van der Waals surface area (Å²) in [4.78, 5) is 7.06. The lowest BCUT2D eigenvalue weighted by molar-refractivity contribution is 0.0458. The molecule has 1 aliphatic rings. The van der Waals surface area contributed by atoms with E-state index in [-0.39, 0.29) is 0 Å². The monoisotopic (exact) mass is 311 g/mol. The van der Waals surface area contributed by atoms with Gasteiger partial charge < -0.3 is 15.0 Å². The lowest BCUT2D eigenvalue weighted by atomic mass is 10.1. The molecule has 118 valence electrons. The minimum atomic E-state index is 0.407. The second kappa shape index (κ2) is 8.57. The number of hydrogen-bond acceptors (Lipinski definition) is 4. The second-order valence-corrected chi connectivity index (χ2v) is 5.82. The summed E-state index contributed by atoms with van der Waals surface area (Å²) in [5.41, 5.74) is 0.939. The summed E-state index contributed by atoms with van der Waals surface area (Å²) in [5.74, 6) is 1.03. The van der Waals surface area contributed by atoms with Gasteiger partial charge in [0.25, 0.3) is 0 Å². The Labute approximate surface area is 132 Å². The molecule has 5 heteroatoms. The SMILES string of the molecule is CCCNCc1nc(N2CCC(OCC)CC2)ccc1Cl. The van der Waals surface area contributed by atoms with Crippen LogP contribution in [0.1, 0.15) is 38.8 Å². The van der Waals surface area contributed by atoms with Gasteiger partial charge >= 0.3 is 0 Å². The van der Waals surface area contributed by atoms with Crippen LogP contribution in [-0.2, 0) is 11.3 Å². The van der Waals surface area contributed by atoms with Gasteiger partial charge in [0.1, 0.15) is 5.82 Å². The Balaban J connectivity index is 1.95. The van der Waals surface area contributed by atoms with Crippen LogP contribution in [0.15, 0.2) is 12.1 Å². The zero-order valence-corrected chi connectivity index (χ0v) is 13.8. The summed E-state index contributed by atoms with van der Waals surface area (Å²) in [6.45, 7) is 8.74. The van der Waals surface area contributed by atoms with Crippen molar-refractivity contribution in [2.75, 3.05) is 31.1 Å². The summed E-state index contributed by atoms with van der Waals surface area (Å²) in [5, 5.41) is 4.10. The van der Waals surface area contributed by atoms with Crippen molar-refractivity contribution in [1.29, 1.82) is 0 Å². The maximum atomic E-state index is 6.24. The van der Waals surface area contributed by atoms with Gasteiger partial charge in [-0.15, -0.1) is 0 Å². The number of pyridine rings is 1. The lowest BCUT2D eigenvalue weighted by Gasteiger charge is -2.32. The third kappa shape index (κ3) is 4.83. The highest BCUT2D eigenvalue weighted by Crippen LogP contribution is 2.23. The van der Waals surface area contributed by atoms with Crippen LogP contribution in [0.5, 0.6) is 0 Å². The van der Waals surface area contributed by atoms with Gasteiger partial charge in [-0.25, -0.2) is 4.98 Å². The first-order valence-corrected chi connectivity index (χ1v) is 8.35. The van der Waals surface area contributed by atoms with E-state index < -0.39 is 0 Å². The molecule has 0 unspecified atom stereocenters. The number of halogens is 1. The largest absolute Gasteiger partial charge is 0.378 e. The molecule has 21 heavy (non-hydrogen) atoms. The number of rotatable bonds is 7. The van der Waals surface area contributed by atoms with Crippen molar-refractivity contribution < 1.29 is 4.74 Å². The molecule has 2 rings (SSSR count). The number of piperidine rings is 1. The Hall–Kier alpha value is -0.840. The molecule has 0 aromatic carbocycles. The summed E-state index contributed by atoms with van der Waals surface area (Å²) in [6.07, 6.45) is 3.66. The summed E-state index contributed by atoms with van der Waals surface area (Å²) in [6, 6.07) is 3.98. The zero-order valence-electron chi connectivity index (χ0n) is 13.1. The number of aromatic nitrogens is 1. The van der Waals surface area contributed by atoms with E-state index >= 15 is 0 Å². The Morgan fingerprint density at radius 3 is 2.76 bits per heavy atom. The Morgan fingerprint density at radius 1 is 1.33 bits per heavy atom. The number of nitrogens with one attached hydrogen (secondary N) is 1. The number of hydrogen-bond donors (Lipinski definition) is 1. The van der Waals surface area contributed by atoms with Crippen molar-refractivity contribution in [3.8, 4) is 0 Å². The van der Waals surface area contributed by atoms with Crippen LogP contribution in [0.2, 0.25) is 5.02 Å². The van der Waals surface area contributed by atoms with E-state index in [0.29, 0.717) is 6.10 Å². The molecule has 0 radical (unpaired) electrons. The first-order chi connectivity index (χ1) is 10.2. The highest BCUT2D eigenvalue weighted by atomic mass is 35.5. The molecule has 0 spiro atoms. The van der Waals surface area contributed by atoms with Gasteiger partial charge in [-0.2, -0.15) is 0 Å². The number of nitrogens with zero attached hydrogens (tertiary/aromatic N) is 2. The predicted octanol–water partition coefficient (Wildman–Crippen LogP) is 3.24. The van der Waals surface area contributed by atoms with Crippen molar-refractivity contribution in [2.24, 2.45) is 0 Å². The molecule has 1 aromatic heterocycles. The fourth-order valence-corrected chi connectivity index (χ4v) is 2.82. The minimum absolute atomic E-state index is 0.407. The zero-order chi connectivity index (χ0) is 15.1. The molecule has 0 aliphatic carbocycles. The summed E-state index contributed by atoms with van der Waals surface area (Å²) >= 11 is 6.24.